The van der Waals surface area contributed by atoms with E-state index in [0.717, 1.165) is 12.4 Å². The van der Waals surface area contributed by atoms with Gasteiger partial charge in [0.1, 0.15) is 5.82 Å². The number of anilines is 2. The van der Waals surface area contributed by atoms with Crippen LogP contribution in [0.3, 0.4) is 0 Å². The van der Waals surface area contributed by atoms with Crippen LogP contribution in [0.4, 0.5) is 11.8 Å². The van der Waals surface area contributed by atoms with Gasteiger partial charge in [-0.05, 0) is 17.9 Å². The Morgan fingerprint density at radius 3 is 2.72 bits per heavy atom. The lowest BCUT2D eigenvalue weighted by Crippen LogP contribution is -2.23. The molecule has 102 valence electrons. The number of rotatable bonds is 8. The zero-order valence-electron chi connectivity index (χ0n) is 12.1. The van der Waals surface area contributed by atoms with Gasteiger partial charge >= 0.3 is 0 Å². The van der Waals surface area contributed by atoms with Gasteiger partial charge < -0.3 is 10.6 Å². The highest BCUT2D eigenvalue weighted by atomic mass is 15.1. The first-order valence-corrected chi connectivity index (χ1v) is 6.82. The monoisotopic (exact) mass is 250 g/mol. The first kappa shape index (κ1) is 14.7. The second-order valence-corrected chi connectivity index (χ2v) is 5.49. The predicted molar refractivity (Wildman–Crippen MR) is 78.0 cm³/mol. The molecule has 0 saturated carbocycles. The van der Waals surface area contributed by atoms with Crippen LogP contribution >= 0.6 is 0 Å². The van der Waals surface area contributed by atoms with Crippen molar-refractivity contribution in [3.8, 4) is 0 Å². The van der Waals surface area contributed by atoms with Gasteiger partial charge in [0, 0.05) is 19.8 Å². The molecule has 0 saturated heterocycles. The molecule has 1 aromatic rings. The molecule has 4 heteroatoms. The molecule has 0 bridgehead atoms. The smallest absolute Gasteiger partial charge is 0.224 e. The summed E-state index contributed by atoms with van der Waals surface area (Å²) in [4.78, 5) is 8.46. The fourth-order valence-corrected chi connectivity index (χ4v) is 1.85. The van der Waals surface area contributed by atoms with Gasteiger partial charge in [-0.15, -0.1) is 0 Å². The normalized spacial score (nSPS) is 11.3. The van der Waals surface area contributed by atoms with Crippen molar-refractivity contribution in [3.05, 3.63) is 12.3 Å². The topological polar surface area (TPSA) is 49.8 Å². The Balaban J connectivity index is 2.42. The van der Waals surface area contributed by atoms with E-state index < -0.39 is 0 Å². The van der Waals surface area contributed by atoms with E-state index in [2.05, 4.69) is 41.4 Å². The Hall–Kier alpha value is -1.32. The molecular weight excluding hydrogens is 224 g/mol. The van der Waals surface area contributed by atoms with Gasteiger partial charge in [-0.1, -0.05) is 40.0 Å². The Bertz CT molecular complexity index is 349. The quantitative estimate of drug-likeness (QED) is 0.693. The SMILES string of the molecule is CCCCCC(C)(C)CNc1ccnc(NC)n1. The second-order valence-electron chi connectivity index (χ2n) is 5.49. The van der Waals surface area contributed by atoms with Crippen LogP contribution in [-0.4, -0.2) is 23.6 Å². The van der Waals surface area contributed by atoms with Crippen LogP contribution in [0.2, 0.25) is 0 Å². The van der Waals surface area contributed by atoms with E-state index in [-0.39, 0.29) is 0 Å². The molecule has 0 aliphatic carbocycles. The molecule has 1 aromatic heterocycles. The number of hydrogen-bond acceptors (Lipinski definition) is 4. The highest BCUT2D eigenvalue weighted by Crippen LogP contribution is 2.24. The maximum atomic E-state index is 4.36. The average Bonchev–Trinajstić information content (AvgIpc) is 2.37. The van der Waals surface area contributed by atoms with Crippen LogP contribution in [0.1, 0.15) is 46.5 Å². The molecule has 0 fully saturated rings. The van der Waals surface area contributed by atoms with Crippen LogP contribution in [0.15, 0.2) is 12.3 Å². The number of unbranched alkanes of at least 4 members (excludes halogenated alkanes) is 2. The average molecular weight is 250 g/mol. The summed E-state index contributed by atoms with van der Waals surface area (Å²) in [5, 5.41) is 6.34. The first-order chi connectivity index (χ1) is 8.57. The number of aromatic nitrogens is 2. The zero-order chi connectivity index (χ0) is 13.4. The standard InChI is InChI=1S/C14H26N4/c1-5-6-7-9-14(2,3)11-17-12-8-10-16-13(15-4)18-12/h8,10H,5-7,9,11H2,1-4H3,(H2,15,16,17,18). The summed E-state index contributed by atoms with van der Waals surface area (Å²) < 4.78 is 0. The van der Waals surface area contributed by atoms with Crippen LogP contribution in [-0.2, 0) is 0 Å². The minimum atomic E-state index is 0.305. The van der Waals surface area contributed by atoms with Crippen LogP contribution < -0.4 is 10.6 Å². The van der Waals surface area contributed by atoms with Crippen molar-refractivity contribution in [3.63, 3.8) is 0 Å². The Labute approximate surface area is 111 Å². The molecule has 0 aliphatic heterocycles. The molecule has 0 radical (unpaired) electrons. The van der Waals surface area contributed by atoms with Gasteiger partial charge in [-0.25, -0.2) is 4.98 Å². The van der Waals surface area contributed by atoms with E-state index in [1.807, 2.05) is 13.1 Å². The highest BCUT2D eigenvalue weighted by Gasteiger charge is 2.17. The molecule has 0 spiro atoms. The van der Waals surface area contributed by atoms with Crippen molar-refractivity contribution in [1.82, 2.24) is 9.97 Å². The van der Waals surface area contributed by atoms with E-state index in [4.69, 9.17) is 0 Å². The van der Waals surface area contributed by atoms with Crippen molar-refractivity contribution in [2.24, 2.45) is 5.41 Å². The molecule has 0 aromatic carbocycles. The Kier molecular flexibility index (Phi) is 5.89. The number of nitrogens with one attached hydrogen (secondary N) is 2. The van der Waals surface area contributed by atoms with Gasteiger partial charge in [0.25, 0.3) is 0 Å². The number of nitrogens with zero attached hydrogens (tertiary/aromatic N) is 2. The summed E-state index contributed by atoms with van der Waals surface area (Å²) in [6.07, 6.45) is 6.92. The third-order valence-electron chi connectivity index (χ3n) is 3.08. The molecule has 0 aliphatic rings. The maximum Gasteiger partial charge on any atom is 0.224 e. The molecule has 0 atom stereocenters. The Morgan fingerprint density at radius 2 is 2.06 bits per heavy atom. The predicted octanol–water partition coefficient (Wildman–Crippen LogP) is 3.54. The van der Waals surface area contributed by atoms with E-state index >= 15 is 0 Å². The third-order valence-corrected chi connectivity index (χ3v) is 3.08. The molecule has 1 heterocycles. The lowest BCUT2D eigenvalue weighted by molar-refractivity contribution is 0.342. The lowest BCUT2D eigenvalue weighted by atomic mass is 9.87. The van der Waals surface area contributed by atoms with E-state index in [9.17, 15) is 0 Å². The molecule has 0 amide bonds. The van der Waals surface area contributed by atoms with E-state index in [1.165, 1.54) is 25.7 Å². The summed E-state index contributed by atoms with van der Waals surface area (Å²) in [5.41, 5.74) is 0.305. The van der Waals surface area contributed by atoms with Gasteiger partial charge in [0.05, 0.1) is 0 Å². The highest BCUT2D eigenvalue weighted by molar-refractivity contribution is 5.39. The summed E-state index contributed by atoms with van der Waals surface area (Å²) in [6, 6.07) is 1.91. The van der Waals surface area contributed by atoms with Crippen LogP contribution in [0.25, 0.3) is 0 Å². The summed E-state index contributed by atoms with van der Waals surface area (Å²) >= 11 is 0. The van der Waals surface area contributed by atoms with Gasteiger partial charge in [0.15, 0.2) is 0 Å². The van der Waals surface area contributed by atoms with Gasteiger partial charge in [0.2, 0.25) is 5.95 Å². The maximum absolute atomic E-state index is 4.36. The molecule has 2 N–H and O–H groups in total. The minimum Gasteiger partial charge on any atom is -0.369 e. The van der Waals surface area contributed by atoms with E-state index in [0.29, 0.717) is 11.4 Å². The van der Waals surface area contributed by atoms with Crippen molar-refractivity contribution >= 4 is 11.8 Å². The second kappa shape index (κ2) is 7.19. The molecule has 18 heavy (non-hydrogen) atoms. The first-order valence-electron chi connectivity index (χ1n) is 6.82. The van der Waals surface area contributed by atoms with Crippen molar-refractivity contribution < 1.29 is 0 Å². The molecule has 4 nitrogen and oxygen atoms in total. The fourth-order valence-electron chi connectivity index (χ4n) is 1.85. The third kappa shape index (κ3) is 5.34. The van der Waals surface area contributed by atoms with Crippen molar-refractivity contribution in [2.45, 2.75) is 46.5 Å². The van der Waals surface area contributed by atoms with Gasteiger partial charge in [-0.2, -0.15) is 4.98 Å². The summed E-state index contributed by atoms with van der Waals surface area (Å²) in [7, 11) is 1.83. The molecule has 1 rings (SSSR count). The van der Waals surface area contributed by atoms with Gasteiger partial charge in [-0.3, -0.25) is 0 Å². The van der Waals surface area contributed by atoms with Crippen LogP contribution in [0, 0.1) is 5.41 Å². The molecule has 0 unspecified atom stereocenters. The summed E-state index contributed by atoms with van der Waals surface area (Å²) in [5.74, 6) is 1.54. The zero-order valence-corrected chi connectivity index (χ0v) is 12.1. The molecular formula is C14H26N4. The van der Waals surface area contributed by atoms with Crippen molar-refractivity contribution in [1.29, 1.82) is 0 Å². The minimum absolute atomic E-state index is 0.305. The van der Waals surface area contributed by atoms with E-state index in [1.54, 1.807) is 6.20 Å². The lowest BCUT2D eigenvalue weighted by Gasteiger charge is -2.25. The summed E-state index contributed by atoms with van der Waals surface area (Å²) in [6.45, 7) is 7.79. The number of hydrogen-bond donors (Lipinski definition) is 2. The largest absolute Gasteiger partial charge is 0.369 e. The van der Waals surface area contributed by atoms with Crippen LogP contribution in [0.5, 0.6) is 0 Å². The van der Waals surface area contributed by atoms with Crippen molar-refractivity contribution in [2.75, 3.05) is 24.2 Å². The Morgan fingerprint density at radius 1 is 1.28 bits per heavy atom. The fraction of sp³-hybridized carbons (Fsp3) is 0.714.